The van der Waals surface area contributed by atoms with E-state index < -0.39 is 36.7 Å². The van der Waals surface area contributed by atoms with Crippen molar-refractivity contribution in [1.82, 2.24) is 0 Å². The highest BCUT2D eigenvalue weighted by Crippen LogP contribution is 2.27. The summed E-state index contributed by atoms with van der Waals surface area (Å²) in [7, 11) is 0. The number of aliphatic hydroxyl groups excluding tert-OH is 3. The second kappa shape index (κ2) is 13.1. The molecule has 1 aliphatic rings. The largest absolute Gasteiger partial charge is 0.507 e. The summed E-state index contributed by atoms with van der Waals surface area (Å²) >= 11 is 0. The first-order valence-corrected chi connectivity index (χ1v) is 11.4. The number of phenolic OH excluding ortho intramolecular Hbond substituents is 1. The van der Waals surface area contributed by atoms with Crippen molar-refractivity contribution in [2.45, 2.75) is 77.2 Å². The van der Waals surface area contributed by atoms with Crippen LogP contribution in [-0.2, 0) is 9.53 Å². The first kappa shape index (κ1) is 28.1. The highest BCUT2D eigenvalue weighted by atomic mass is 16.7. The second-order valence-corrected chi connectivity index (χ2v) is 8.65. The predicted octanol–water partition coefficient (Wildman–Crippen LogP) is 3.04. The molecule has 0 aromatic heterocycles. The fourth-order valence-corrected chi connectivity index (χ4v) is 3.35. The number of allylic oxidation sites excluding steroid dienone is 4. The molecule has 1 heterocycles. The van der Waals surface area contributed by atoms with Gasteiger partial charge in [-0.05, 0) is 70.2 Å². The molecule has 8 heteroatoms. The van der Waals surface area contributed by atoms with Crippen molar-refractivity contribution in [2.75, 3.05) is 0 Å². The molecule has 0 aliphatic carbocycles. The van der Waals surface area contributed by atoms with Crippen LogP contribution in [0, 0.1) is 11.8 Å². The third-order valence-electron chi connectivity index (χ3n) is 5.67. The summed E-state index contributed by atoms with van der Waals surface area (Å²) in [5.74, 6) is 5.10. The van der Waals surface area contributed by atoms with E-state index in [-0.39, 0.29) is 11.5 Å². The van der Waals surface area contributed by atoms with Crippen LogP contribution in [0.5, 0.6) is 11.5 Å². The Bertz CT molecular complexity index is 1030. The van der Waals surface area contributed by atoms with E-state index in [0.29, 0.717) is 29.6 Å². The Morgan fingerprint density at radius 2 is 1.80 bits per heavy atom. The van der Waals surface area contributed by atoms with Crippen molar-refractivity contribution < 1.29 is 39.8 Å². The fraction of sp³-hybridized carbons (Fsp3) is 0.444. The molecule has 1 aromatic rings. The summed E-state index contributed by atoms with van der Waals surface area (Å²) in [6.45, 7) is 9.09. The van der Waals surface area contributed by atoms with Crippen LogP contribution in [0.4, 0.5) is 0 Å². The van der Waals surface area contributed by atoms with E-state index in [9.17, 15) is 25.2 Å². The van der Waals surface area contributed by atoms with Crippen LogP contribution in [0.15, 0.2) is 53.6 Å². The molecule has 1 fully saturated rings. The lowest BCUT2D eigenvalue weighted by atomic mass is 10.00. The number of aliphatic carboxylic acids is 1. The second-order valence-electron chi connectivity index (χ2n) is 8.65. The quantitative estimate of drug-likeness (QED) is 0.204. The number of hydrogen-bond acceptors (Lipinski definition) is 7. The maximum absolute atomic E-state index is 10.8. The number of aromatic hydroxyl groups is 1. The molecule has 0 unspecified atom stereocenters. The van der Waals surface area contributed by atoms with Gasteiger partial charge in [-0.2, -0.15) is 0 Å². The van der Waals surface area contributed by atoms with Crippen LogP contribution in [0.2, 0.25) is 0 Å². The Balaban J connectivity index is 1.93. The molecule has 1 aromatic carbocycles. The van der Waals surface area contributed by atoms with Crippen molar-refractivity contribution in [3.63, 3.8) is 0 Å². The molecule has 5 N–H and O–H groups in total. The van der Waals surface area contributed by atoms with Gasteiger partial charge in [0, 0.05) is 5.57 Å². The number of ether oxygens (including phenoxy) is 2. The summed E-state index contributed by atoms with van der Waals surface area (Å²) < 4.78 is 11.1. The topological polar surface area (TPSA) is 137 Å². The lowest BCUT2D eigenvalue weighted by Gasteiger charge is -2.38. The van der Waals surface area contributed by atoms with Crippen molar-refractivity contribution in [3.05, 3.63) is 59.2 Å². The number of carboxylic acid groups (broad SMARTS) is 1. The Morgan fingerprint density at radius 3 is 2.49 bits per heavy atom. The fourth-order valence-electron chi connectivity index (χ4n) is 3.35. The molecular formula is C27H34O8. The number of rotatable bonds is 9. The van der Waals surface area contributed by atoms with Crippen LogP contribution in [-0.4, -0.2) is 62.2 Å². The minimum atomic E-state index is -1.45. The molecule has 190 valence electrons. The number of phenols is 1. The van der Waals surface area contributed by atoms with Crippen molar-refractivity contribution >= 4 is 5.97 Å². The first-order valence-electron chi connectivity index (χ1n) is 11.4. The van der Waals surface area contributed by atoms with E-state index in [4.69, 9.17) is 14.6 Å². The first-order chi connectivity index (χ1) is 16.5. The van der Waals surface area contributed by atoms with Gasteiger partial charge < -0.3 is 35.0 Å². The summed E-state index contributed by atoms with van der Waals surface area (Å²) in [6, 6.07) is 4.37. The highest BCUT2D eigenvalue weighted by molar-refractivity contribution is 5.85. The summed E-state index contributed by atoms with van der Waals surface area (Å²) in [6.07, 6.45) is 0.580. The minimum absolute atomic E-state index is 0.0490. The summed E-state index contributed by atoms with van der Waals surface area (Å²) in [5, 5.41) is 48.9. The average molecular weight is 487 g/mol. The molecule has 0 saturated carbocycles. The molecule has 0 spiro atoms. The number of aliphatic hydroxyl groups is 3. The van der Waals surface area contributed by atoms with Gasteiger partial charge in [0.25, 0.3) is 0 Å². The van der Waals surface area contributed by atoms with E-state index in [2.05, 4.69) is 24.5 Å². The van der Waals surface area contributed by atoms with Crippen LogP contribution >= 0.6 is 0 Å². The van der Waals surface area contributed by atoms with Crippen LogP contribution in [0.25, 0.3) is 0 Å². The van der Waals surface area contributed by atoms with Crippen molar-refractivity contribution in [2.24, 2.45) is 0 Å². The van der Waals surface area contributed by atoms with Gasteiger partial charge in [0.15, 0.2) is 0 Å². The molecule has 1 saturated heterocycles. The van der Waals surface area contributed by atoms with E-state index in [1.807, 2.05) is 6.92 Å². The molecule has 0 bridgehead atoms. The zero-order valence-corrected chi connectivity index (χ0v) is 20.3. The van der Waals surface area contributed by atoms with Gasteiger partial charge in [0.05, 0.1) is 11.7 Å². The SMILES string of the molecule is C=C(C#Cc1cc(O[C@@H]2O[C@@H](C)[C@H](O)[C@@H](O)[C@H]2O)ccc1O)CC/C=C(\C)CC/C=C(\C)C(=O)O. The van der Waals surface area contributed by atoms with E-state index >= 15 is 0 Å². The van der Waals surface area contributed by atoms with Gasteiger partial charge in [-0.1, -0.05) is 36.1 Å². The predicted molar refractivity (Wildman–Crippen MR) is 131 cm³/mol. The Labute approximate surface area is 205 Å². The lowest BCUT2D eigenvalue weighted by Crippen LogP contribution is -2.58. The molecular weight excluding hydrogens is 452 g/mol. The van der Waals surface area contributed by atoms with Crippen LogP contribution in [0.1, 0.15) is 52.0 Å². The average Bonchev–Trinajstić information content (AvgIpc) is 2.81. The van der Waals surface area contributed by atoms with Crippen molar-refractivity contribution in [1.29, 1.82) is 0 Å². The molecule has 5 atom stereocenters. The van der Waals surface area contributed by atoms with Crippen LogP contribution < -0.4 is 4.74 Å². The van der Waals surface area contributed by atoms with E-state index in [0.717, 1.165) is 18.4 Å². The normalized spacial score (nSPS) is 24.9. The standard InChI is InChI=1S/C27H34O8/c1-16(9-6-10-18(3)26(32)33)7-5-8-17(2)11-12-20-15-21(13-14-22(20)28)35-27-25(31)24(30)23(29)19(4)34-27/h7,10,13-15,19,23-25,27-31H,2,5-6,8-9H2,1,3-4H3,(H,32,33)/b16-7+,18-10+/t19-,23-,24+,25+,27-/m0/s1. The van der Waals surface area contributed by atoms with Gasteiger partial charge in [-0.3, -0.25) is 0 Å². The molecule has 8 nitrogen and oxygen atoms in total. The zero-order valence-electron chi connectivity index (χ0n) is 20.3. The molecule has 1 aliphatic heterocycles. The molecule has 0 amide bonds. The third kappa shape index (κ3) is 8.57. The number of hydrogen-bond donors (Lipinski definition) is 5. The number of carbonyl (C=O) groups is 1. The number of carboxylic acids is 1. The zero-order chi connectivity index (χ0) is 26.1. The Kier molecular flexibility index (Phi) is 10.6. The van der Waals surface area contributed by atoms with Gasteiger partial charge in [0.1, 0.15) is 29.8 Å². The third-order valence-corrected chi connectivity index (χ3v) is 5.67. The van der Waals surface area contributed by atoms with E-state index in [1.165, 1.54) is 18.2 Å². The van der Waals surface area contributed by atoms with Gasteiger partial charge >= 0.3 is 5.97 Å². The molecule has 35 heavy (non-hydrogen) atoms. The molecule has 0 radical (unpaired) electrons. The minimum Gasteiger partial charge on any atom is -0.507 e. The number of benzene rings is 1. The lowest BCUT2D eigenvalue weighted by molar-refractivity contribution is -0.268. The van der Waals surface area contributed by atoms with Crippen molar-refractivity contribution in [3.8, 4) is 23.3 Å². The van der Waals surface area contributed by atoms with Crippen LogP contribution in [0.3, 0.4) is 0 Å². The maximum Gasteiger partial charge on any atom is 0.330 e. The maximum atomic E-state index is 10.8. The summed E-state index contributed by atoms with van der Waals surface area (Å²) in [4.78, 5) is 10.8. The summed E-state index contributed by atoms with van der Waals surface area (Å²) in [5.41, 5.74) is 2.47. The van der Waals surface area contributed by atoms with E-state index in [1.54, 1.807) is 19.9 Å². The van der Waals surface area contributed by atoms with Gasteiger partial charge in [-0.25, -0.2) is 4.79 Å². The smallest absolute Gasteiger partial charge is 0.330 e. The Morgan fingerprint density at radius 1 is 1.11 bits per heavy atom. The monoisotopic (exact) mass is 486 g/mol. The van der Waals surface area contributed by atoms with Gasteiger partial charge in [-0.15, -0.1) is 0 Å². The van der Waals surface area contributed by atoms with Gasteiger partial charge in [0.2, 0.25) is 6.29 Å². The molecule has 2 rings (SSSR count). The Hall–Kier alpha value is -3.09. The highest BCUT2D eigenvalue weighted by Gasteiger charge is 2.43.